The fourth-order valence-electron chi connectivity index (χ4n) is 2.20. The molecule has 0 aliphatic carbocycles. The second-order valence-corrected chi connectivity index (χ2v) is 7.23. The molecule has 0 bridgehead atoms. The maximum Gasteiger partial charge on any atom is 0.265 e. The van der Waals surface area contributed by atoms with Gasteiger partial charge in [-0.3, -0.25) is 9.40 Å². The molecule has 0 spiro atoms. The Morgan fingerprint density at radius 1 is 1.43 bits per heavy atom. The predicted octanol–water partition coefficient (Wildman–Crippen LogP) is 1.80. The minimum atomic E-state index is -3.62. The molecule has 0 unspecified atom stereocenters. The summed E-state index contributed by atoms with van der Waals surface area (Å²) < 4.78 is 38.3. The molecule has 2 aromatic rings. The molecule has 1 saturated heterocycles. The molecular weight excluding hydrogens is 312 g/mol. The van der Waals surface area contributed by atoms with Crippen LogP contribution in [-0.4, -0.2) is 35.8 Å². The highest BCUT2D eigenvalue weighted by molar-refractivity contribution is 7.92. The third kappa shape index (κ3) is 3.09. The largest absolute Gasteiger partial charge is 0.381 e. The summed E-state index contributed by atoms with van der Waals surface area (Å²) in [5.74, 6) is 0. The van der Waals surface area contributed by atoms with Crippen LogP contribution < -0.4 is 4.72 Å². The summed E-state index contributed by atoms with van der Waals surface area (Å²) in [6.07, 6.45) is 4.66. The number of nitrogens with zero attached hydrogens (tertiary/aromatic N) is 3. The summed E-state index contributed by atoms with van der Waals surface area (Å²) >= 11 is 1.22. The third-order valence-corrected chi connectivity index (χ3v) is 5.49. The van der Waals surface area contributed by atoms with Crippen LogP contribution in [0.4, 0.5) is 5.69 Å². The number of sulfonamides is 1. The Balaban J connectivity index is 1.79. The molecule has 0 atom stereocenters. The summed E-state index contributed by atoms with van der Waals surface area (Å²) in [5.41, 5.74) is 1.18. The van der Waals surface area contributed by atoms with Gasteiger partial charge in [0.15, 0.2) is 0 Å². The van der Waals surface area contributed by atoms with Gasteiger partial charge in [-0.2, -0.15) is 9.47 Å². The number of hydrogen-bond donors (Lipinski definition) is 1. The van der Waals surface area contributed by atoms with Crippen molar-refractivity contribution in [3.63, 3.8) is 0 Å². The molecule has 1 N–H and O–H groups in total. The van der Waals surface area contributed by atoms with Crippen LogP contribution in [0.1, 0.15) is 24.6 Å². The van der Waals surface area contributed by atoms with Crippen LogP contribution in [0.25, 0.3) is 0 Å². The van der Waals surface area contributed by atoms with Gasteiger partial charge >= 0.3 is 0 Å². The molecule has 3 rings (SSSR count). The Labute approximate surface area is 127 Å². The van der Waals surface area contributed by atoms with E-state index < -0.39 is 10.0 Å². The molecule has 2 aromatic heterocycles. The molecular formula is C12H16N4O3S2. The zero-order valence-corrected chi connectivity index (χ0v) is 13.2. The van der Waals surface area contributed by atoms with Crippen LogP contribution in [0.3, 0.4) is 0 Å². The first-order valence-electron chi connectivity index (χ1n) is 6.62. The van der Waals surface area contributed by atoms with Gasteiger partial charge in [0, 0.05) is 24.8 Å². The lowest BCUT2D eigenvalue weighted by Gasteiger charge is -2.22. The van der Waals surface area contributed by atoms with Gasteiger partial charge in [-0.15, -0.1) is 0 Å². The lowest BCUT2D eigenvalue weighted by Crippen LogP contribution is -2.20. The van der Waals surface area contributed by atoms with Crippen molar-refractivity contribution in [2.75, 3.05) is 17.9 Å². The van der Waals surface area contributed by atoms with Gasteiger partial charge in [0.05, 0.1) is 23.6 Å². The number of ether oxygens (including phenoxy) is 1. The molecule has 1 fully saturated rings. The number of nitrogens with one attached hydrogen (secondary N) is 1. The summed E-state index contributed by atoms with van der Waals surface area (Å²) in [6, 6.07) is 0.201. The van der Waals surface area contributed by atoms with Crippen LogP contribution in [0.15, 0.2) is 22.7 Å². The molecule has 0 saturated carbocycles. The van der Waals surface area contributed by atoms with Crippen molar-refractivity contribution < 1.29 is 13.2 Å². The quantitative estimate of drug-likeness (QED) is 0.925. The number of rotatable bonds is 4. The summed E-state index contributed by atoms with van der Waals surface area (Å²) in [7, 11) is -3.62. The predicted molar refractivity (Wildman–Crippen MR) is 79.0 cm³/mol. The highest BCUT2D eigenvalue weighted by atomic mass is 32.2. The van der Waals surface area contributed by atoms with E-state index in [0.29, 0.717) is 24.6 Å². The molecule has 0 amide bonds. The normalized spacial score (nSPS) is 17.0. The Kier molecular flexibility index (Phi) is 3.96. The standard InChI is InChI=1S/C12H16N4O3S2/c1-9-12(8-20-14-9)15-21(17,18)11-6-13-16(7-11)10-2-4-19-5-3-10/h6-8,10,15H,2-5H2,1H3. The minimum Gasteiger partial charge on any atom is -0.381 e. The number of aryl methyl sites for hydroxylation is 1. The summed E-state index contributed by atoms with van der Waals surface area (Å²) in [6.45, 7) is 3.13. The molecule has 0 radical (unpaired) electrons. The van der Waals surface area contributed by atoms with E-state index >= 15 is 0 Å². The highest BCUT2D eigenvalue weighted by Gasteiger charge is 2.22. The fourth-order valence-corrected chi connectivity index (χ4v) is 3.97. The van der Waals surface area contributed by atoms with Crippen LogP contribution in [0, 0.1) is 6.92 Å². The zero-order chi connectivity index (χ0) is 14.9. The molecule has 21 heavy (non-hydrogen) atoms. The van der Waals surface area contributed by atoms with Gasteiger partial charge in [0.2, 0.25) is 0 Å². The lowest BCUT2D eigenvalue weighted by atomic mass is 10.1. The van der Waals surface area contributed by atoms with Crippen LogP contribution in [-0.2, 0) is 14.8 Å². The van der Waals surface area contributed by atoms with Gasteiger partial charge in [-0.1, -0.05) is 0 Å². The molecule has 1 aliphatic heterocycles. The average Bonchev–Trinajstić information content (AvgIpc) is 3.10. The van der Waals surface area contributed by atoms with E-state index in [1.165, 1.54) is 17.7 Å². The van der Waals surface area contributed by atoms with Gasteiger partial charge in [0.25, 0.3) is 10.0 Å². The Bertz CT molecular complexity index is 716. The van der Waals surface area contributed by atoms with Crippen molar-refractivity contribution in [1.82, 2.24) is 14.2 Å². The molecule has 7 nitrogen and oxygen atoms in total. The summed E-state index contributed by atoms with van der Waals surface area (Å²) in [4.78, 5) is 0.166. The van der Waals surface area contributed by atoms with Gasteiger partial charge in [-0.05, 0) is 31.3 Å². The third-order valence-electron chi connectivity index (χ3n) is 3.45. The van der Waals surface area contributed by atoms with Gasteiger partial charge < -0.3 is 4.74 Å². The number of hydrogen-bond acceptors (Lipinski definition) is 6. The monoisotopic (exact) mass is 328 g/mol. The Hall–Kier alpha value is -1.45. The maximum absolute atomic E-state index is 12.3. The molecule has 3 heterocycles. The van der Waals surface area contributed by atoms with Crippen LogP contribution in [0.2, 0.25) is 0 Å². The lowest BCUT2D eigenvalue weighted by molar-refractivity contribution is 0.0662. The van der Waals surface area contributed by atoms with Crippen LogP contribution in [0.5, 0.6) is 0 Å². The van der Waals surface area contributed by atoms with Crippen molar-refractivity contribution in [1.29, 1.82) is 0 Å². The molecule has 9 heteroatoms. The maximum atomic E-state index is 12.3. The average molecular weight is 328 g/mol. The second kappa shape index (κ2) is 5.74. The van der Waals surface area contributed by atoms with E-state index in [1.807, 2.05) is 0 Å². The first-order valence-corrected chi connectivity index (χ1v) is 8.94. The van der Waals surface area contributed by atoms with E-state index in [1.54, 1.807) is 23.2 Å². The molecule has 0 aromatic carbocycles. The smallest absolute Gasteiger partial charge is 0.265 e. The van der Waals surface area contributed by atoms with Crippen LogP contribution >= 0.6 is 11.5 Å². The number of anilines is 1. The first kappa shape index (κ1) is 14.5. The number of aromatic nitrogens is 3. The van der Waals surface area contributed by atoms with E-state index in [-0.39, 0.29) is 10.9 Å². The minimum absolute atomic E-state index is 0.166. The topological polar surface area (TPSA) is 86.1 Å². The zero-order valence-electron chi connectivity index (χ0n) is 11.5. The fraction of sp³-hybridized carbons (Fsp3) is 0.500. The van der Waals surface area contributed by atoms with Crippen molar-refractivity contribution in [2.45, 2.75) is 30.7 Å². The van der Waals surface area contributed by atoms with E-state index in [9.17, 15) is 8.42 Å². The van der Waals surface area contributed by atoms with Gasteiger partial charge in [0.1, 0.15) is 4.90 Å². The SMILES string of the molecule is Cc1nscc1NS(=O)(=O)c1cnn(C2CCOCC2)c1. The van der Waals surface area contributed by atoms with E-state index in [4.69, 9.17) is 4.74 Å². The van der Waals surface area contributed by atoms with Gasteiger partial charge in [-0.25, -0.2) is 8.42 Å². The second-order valence-electron chi connectivity index (χ2n) is 4.92. The van der Waals surface area contributed by atoms with Crippen molar-refractivity contribution >= 4 is 27.2 Å². The highest BCUT2D eigenvalue weighted by Crippen LogP contribution is 2.23. The molecule has 1 aliphatic rings. The van der Waals surface area contributed by atoms with E-state index in [0.717, 1.165) is 12.8 Å². The van der Waals surface area contributed by atoms with E-state index in [2.05, 4.69) is 14.2 Å². The molecule has 114 valence electrons. The van der Waals surface area contributed by atoms with Crippen molar-refractivity contribution in [3.8, 4) is 0 Å². The summed E-state index contributed by atoms with van der Waals surface area (Å²) in [5, 5.41) is 5.86. The van der Waals surface area contributed by atoms with Crippen molar-refractivity contribution in [3.05, 3.63) is 23.5 Å². The first-order chi connectivity index (χ1) is 10.1. The Morgan fingerprint density at radius 3 is 2.86 bits per heavy atom. The van der Waals surface area contributed by atoms with Crippen molar-refractivity contribution in [2.24, 2.45) is 0 Å². The Morgan fingerprint density at radius 2 is 2.19 bits per heavy atom.